The predicted octanol–water partition coefficient (Wildman–Crippen LogP) is 4.77. The third kappa shape index (κ3) is 3.81. The van der Waals surface area contributed by atoms with Gasteiger partial charge in [-0.05, 0) is 48.4 Å². The van der Waals surface area contributed by atoms with E-state index in [1.165, 1.54) is 17.2 Å². The van der Waals surface area contributed by atoms with E-state index in [2.05, 4.69) is 19.1 Å². The average Bonchev–Trinajstić information content (AvgIpc) is 2.42. The van der Waals surface area contributed by atoms with E-state index in [9.17, 15) is 4.39 Å². The van der Waals surface area contributed by atoms with E-state index in [4.69, 9.17) is 11.6 Å². The van der Waals surface area contributed by atoms with E-state index in [1.54, 1.807) is 6.07 Å². The van der Waals surface area contributed by atoms with Gasteiger partial charge in [0.15, 0.2) is 0 Å². The van der Waals surface area contributed by atoms with E-state index in [0.29, 0.717) is 12.3 Å². The molecule has 1 unspecified atom stereocenters. The molecular formula is C17H18ClF. The molecule has 0 radical (unpaired) electrons. The lowest BCUT2D eigenvalue weighted by atomic mass is 9.92. The molecule has 0 saturated heterocycles. The number of halogens is 2. The molecule has 0 fully saturated rings. The summed E-state index contributed by atoms with van der Waals surface area (Å²) >= 11 is 6.05. The zero-order valence-corrected chi connectivity index (χ0v) is 11.8. The molecule has 2 rings (SSSR count). The second-order valence-electron chi connectivity index (χ2n) is 4.95. The van der Waals surface area contributed by atoms with Crippen LogP contribution in [0, 0.1) is 18.7 Å². The van der Waals surface area contributed by atoms with Crippen LogP contribution in [0.4, 0.5) is 4.39 Å². The fourth-order valence-electron chi connectivity index (χ4n) is 2.31. The molecular weight excluding hydrogens is 259 g/mol. The number of aryl methyl sites for hydroxylation is 1. The molecule has 0 bridgehead atoms. The highest BCUT2D eigenvalue weighted by molar-refractivity contribution is 6.18. The van der Waals surface area contributed by atoms with Gasteiger partial charge in [-0.15, -0.1) is 11.6 Å². The quantitative estimate of drug-likeness (QED) is 0.690. The third-order valence-electron chi connectivity index (χ3n) is 3.45. The molecule has 0 aliphatic rings. The van der Waals surface area contributed by atoms with Crippen molar-refractivity contribution in [3.63, 3.8) is 0 Å². The van der Waals surface area contributed by atoms with E-state index in [0.717, 1.165) is 12.0 Å². The molecule has 2 aromatic carbocycles. The predicted molar refractivity (Wildman–Crippen MR) is 79.2 cm³/mol. The fraction of sp³-hybridized carbons (Fsp3) is 0.294. The smallest absolute Gasteiger partial charge is 0.126 e. The Morgan fingerprint density at radius 3 is 2.16 bits per heavy atom. The highest BCUT2D eigenvalue weighted by Gasteiger charge is 2.13. The van der Waals surface area contributed by atoms with Gasteiger partial charge >= 0.3 is 0 Å². The molecule has 1 atom stereocenters. The van der Waals surface area contributed by atoms with Gasteiger partial charge in [-0.3, -0.25) is 0 Å². The van der Waals surface area contributed by atoms with Crippen LogP contribution in [0.5, 0.6) is 0 Å². The molecule has 0 aromatic heterocycles. The SMILES string of the molecule is Cc1ccccc1CC(CCl)Cc1ccccc1F. The topological polar surface area (TPSA) is 0 Å². The van der Waals surface area contributed by atoms with Crippen LogP contribution in [0.25, 0.3) is 0 Å². The van der Waals surface area contributed by atoms with Crippen LogP contribution >= 0.6 is 11.6 Å². The maximum atomic E-state index is 13.7. The summed E-state index contributed by atoms with van der Waals surface area (Å²) in [6.45, 7) is 2.10. The van der Waals surface area contributed by atoms with Crippen molar-refractivity contribution in [2.75, 3.05) is 5.88 Å². The van der Waals surface area contributed by atoms with Crippen molar-refractivity contribution < 1.29 is 4.39 Å². The zero-order chi connectivity index (χ0) is 13.7. The van der Waals surface area contributed by atoms with Crippen LogP contribution in [0.1, 0.15) is 16.7 Å². The fourth-order valence-corrected chi connectivity index (χ4v) is 2.52. The van der Waals surface area contributed by atoms with E-state index in [-0.39, 0.29) is 11.7 Å². The largest absolute Gasteiger partial charge is 0.207 e. The normalized spacial score (nSPS) is 12.4. The minimum atomic E-state index is -0.137. The Hall–Kier alpha value is -1.34. The molecule has 0 aliphatic heterocycles. The minimum absolute atomic E-state index is 0.137. The standard InChI is InChI=1S/C17H18ClF/c1-13-6-2-3-7-15(13)10-14(12-18)11-16-8-4-5-9-17(16)19/h2-9,14H,10-12H2,1H3. The van der Waals surface area contributed by atoms with E-state index >= 15 is 0 Å². The van der Waals surface area contributed by atoms with Crippen LogP contribution in [0.2, 0.25) is 0 Å². The molecule has 19 heavy (non-hydrogen) atoms. The summed E-state index contributed by atoms with van der Waals surface area (Å²) in [6.07, 6.45) is 1.58. The first-order chi connectivity index (χ1) is 9.20. The lowest BCUT2D eigenvalue weighted by Crippen LogP contribution is -2.12. The summed E-state index contributed by atoms with van der Waals surface area (Å²) in [4.78, 5) is 0. The monoisotopic (exact) mass is 276 g/mol. The van der Waals surface area contributed by atoms with Crippen LogP contribution < -0.4 is 0 Å². The first-order valence-corrected chi connectivity index (χ1v) is 7.08. The molecule has 0 N–H and O–H groups in total. The lowest BCUT2D eigenvalue weighted by molar-refractivity contribution is 0.545. The summed E-state index contributed by atoms with van der Waals surface area (Å²) < 4.78 is 13.7. The molecule has 0 amide bonds. The number of hydrogen-bond donors (Lipinski definition) is 0. The Balaban J connectivity index is 2.09. The van der Waals surface area contributed by atoms with Gasteiger partial charge in [-0.25, -0.2) is 4.39 Å². The highest BCUT2D eigenvalue weighted by atomic mass is 35.5. The van der Waals surface area contributed by atoms with Crippen molar-refractivity contribution in [1.29, 1.82) is 0 Å². The van der Waals surface area contributed by atoms with Crippen molar-refractivity contribution in [2.45, 2.75) is 19.8 Å². The van der Waals surface area contributed by atoms with Crippen LogP contribution in [0.15, 0.2) is 48.5 Å². The molecule has 2 heteroatoms. The van der Waals surface area contributed by atoms with Gasteiger partial charge in [0.2, 0.25) is 0 Å². The van der Waals surface area contributed by atoms with Gasteiger partial charge < -0.3 is 0 Å². The molecule has 0 saturated carbocycles. The number of benzene rings is 2. The zero-order valence-electron chi connectivity index (χ0n) is 11.1. The van der Waals surface area contributed by atoms with Crippen molar-refractivity contribution in [3.05, 3.63) is 71.0 Å². The van der Waals surface area contributed by atoms with Crippen molar-refractivity contribution in [3.8, 4) is 0 Å². The van der Waals surface area contributed by atoms with E-state index < -0.39 is 0 Å². The number of alkyl halides is 1. The van der Waals surface area contributed by atoms with E-state index in [1.807, 2.05) is 24.3 Å². The molecule has 0 nitrogen and oxygen atoms in total. The van der Waals surface area contributed by atoms with Gasteiger partial charge in [-0.2, -0.15) is 0 Å². The Bertz CT molecular complexity index is 489. The van der Waals surface area contributed by atoms with Crippen LogP contribution in [0.3, 0.4) is 0 Å². The molecule has 100 valence electrons. The van der Waals surface area contributed by atoms with Crippen molar-refractivity contribution >= 4 is 11.6 Å². The maximum absolute atomic E-state index is 13.7. The van der Waals surface area contributed by atoms with Gasteiger partial charge in [0, 0.05) is 5.88 Å². The van der Waals surface area contributed by atoms with Gasteiger partial charge in [0.1, 0.15) is 5.82 Å². The van der Waals surface area contributed by atoms with Crippen LogP contribution in [-0.2, 0) is 12.8 Å². The summed E-state index contributed by atoms with van der Waals surface area (Å²) in [6, 6.07) is 15.2. The Morgan fingerprint density at radius 2 is 1.53 bits per heavy atom. The molecule has 0 heterocycles. The van der Waals surface area contributed by atoms with Crippen LogP contribution in [-0.4, -0.2) is 5.88 Å². The van der Waals surface area contributed by atoms with Gasteiger partial charge in [0.25, 0.3) is 0 Å². The van der Waals surface area contributed by atoms with Gasteiger partial charge in [0.05, 0.1) is 0 Å². The summed E-state index contributed by atoms with van der Waals surface area (Å²) in [5.41, 5.74) is 3.32. The molecule has 0 spiro atoms. The number of rotatable bonds is 5. The Labute approximate surface area is 119 Å². The van der Waals surface area contributed by atoms with Crippen molar-refractivity contribution in [1.82, 2.24) is 0 Å². The minimum Gasteiger partial charge on any atom is -0.207 e. The van der Waals surface area contributed by atoms with Gasteiger partial charge in [-0.1, -0.05) is 42.5 Å². The first-order valence-electron chi connectivity index (χ1n) is 6.54. The summed E-state index contributed by atoms with van der Waals surface area (Å²) in [5.74, 6) is 0.671. The second kappa shape index (κ2) is 6.72. The Kier molecular flexibility index (Phi) is 4.98. The molecule has 0 aliphatic carbocycles. The summed E-state index contributed by atoms with van der Waals surface area (Å²) in [5, 5.41) is 0. The maximum Gasteiger partial charge on any atom is 0.126 e. The third-order valence-corrected chi connectivity index (χ3v) is 3.89. The average molecular weight is 277 g/mol. The second-order valence-corrected chi connectivity index (χ2v) is 5.26. The highest BCUT2D eigenvalue weighted by Crippen LogP contribution is 2.20. The molecule has 2 aromatic rings. The number of hydrogen-bond acceptors (Lipinski definition) is 0. The Morgan fingerprint density at radius 1 is 0.947 bits per heavy atom. The lowest BCUT2D eigenvalue weighted by Gasteiger charge is -2.16. The summed E-state index contributed by atoms with van der Waals surface area (Å²) in [7, 11) is 0. The first kappa shape index (κ1) is 14.1. The van der Waals surface area contributed by atoms with Crippen molar-refractivity contribution in [2.24, 2.45) is 5.92 Å².